The summed E-state index contributed by atoms with van der Waals surface area (Å²) in [5, 5.41) is 21.8. The van der Waals surface area contributed by atoms with Crippen LogP contribution >= 0.6 is 0 Å². The lowest BCUT2D eigenvalue weighted by Crippen LogP contribution is -1.78. The van der Waals surface area contributed by atoms with Gasteiger partial charge in [-0.05, 0) is 0 Å². The minimum Gasteiger partial charge on any atom is -0.481 e. The molecule has 0 fully saturated rings. The average molecular weight is 170 g/mol. The normalized spacial score (nSPS) is 5.09. The van der Waals surface area contributed by atoms with Crippen LogP contribution in [0, 0.1) is 0 Å². The first-order valence-electron chi connectivity index (χ1n) is 2.30. The Kier molecular flexibility index (Phi) is 47.5. The monoisotopic (exact) mass is 170 g/mol. The minimum absolute atomic E-state index is 0. The van der Waals surface area contributed by atoms with E-state index in [1.807, 2.05) is 0 Å². The number of rotatable bonds is 0. The topological polar surface area (TPSA) is 126 Å². The van der Waals surface area contributed by atoms with Crippen molar-refractivity contribution in [3.05, 3.63) is 0 Å². The first-order valence-corrected chi connectivity index (χ1v) is 2.30. The van der Waals surface area contributed by atoms with Crippen LogP contribution in [-0.4, -0.2) is 39.8 Å². The molecule has 0 aliphatic rings. The standard InChI is InChI=1S/2C2H4O2.CH4O.H2O/c2*1-2(3)4;1-2;/h2*1H3,(H,3,4);2H,1H3;1H2. The first kappa shape index (κ1) is 22.5. The third-order valence-electron chi connectivity index (χ3n) is 0. The van der Waals surface area contributed by atoms with Crippen molar-refractivity contribution >= 4 is 11.9 Å². The number of carbonyl (C=O) groups is 2. The highest BCUT2D eigenvalue weighted by molar-refractivity contribution is 5.63. The highest BCUT2D eigenvalue weighted by Crippen LogP contribution is 1.42. The lowest BCUT2D eigenvalue weighted by Gasteiger charge is -1.59. The van der Waals surface area contributed by atoms with Gasteiger partial charge < -0.3 is 20.8 Å². The number of aliphatic carboxylic acids is 2. The molecule has 0 radical (unpaired) electrons. The number of hydrogen-bond acceptors (Lipinski definition) is 3. The molecule has 0 aliphatic heterocycles. The fourth-order valence-corrected chi connectivity index (χ4v) is 0. The van der Waals surface area contributed by atoms with Crippen LogP contribution in [0.3, 0.4) is 0 Å². The summed E-state index contributed by atoms with van der Waals surface area (Å²) in [4.78, 5) is 18.0. The zero-order chi connectivity index (χ0) is 9.15. The van der Waals surface area contributed by atoms with Crippen molar-refractivity contribution in [1.29, 1.82) is 0 Å². The molecule has 0 amide bonds. The van der Waals surface area contributed by atoms with Gasteiger partial charge in [0.2, 0.25) is 0 Å². The zero-order valence-corrected chi connectivity index (χ0v) is 6.66. The fraction of sp³-hybridized carbons (Fsp3) is 0.600. The minimum atomic E-state index is -0.833. The molecular weight excluding hydrogens is 156 g/mol. The Morgan fingerprint density at radius 3 is 0.909 bits per heavy atom. The van der Waals surface area contributed by atoms with Gasteiger partial charge in [0.05, 0.1) is 0 Å². The van der Waals surface area contributed by atoms with Crippen molar-refractivity contribution in [3.8, 4) is 0 Å². The Hall–Kier alpha value is -1.14. The fourth-order valence-electron chi connectivity index (χ4n) is 0. The van der Waals surface area contributed by atoms with Crippen LogP contribution in [0.4, 0.5) is 0 Å². The molecular formula is C5H14O6. The van der Waals surface area contributed by atoms with E-state index in [2.05, 4.69) is 0 Å². The molecule has 0 spiro atoms. The summed E-state index contributed by atoms with van der Waals surface area (Å²) in [5.74, 6) is -1.67. The van der Waals surface area contributed by atoms with E-state index in [9.17, 15) is 0 Å². The van der Waals surface area contributed by atoms with Crippen molar-refractivity contribution in [2.24, 2.45) is 0 Å². The van der Waals surface area contributed by atoms with Crippen LogP contribution in [-0.2, 0) is 9.59 Å². The van der Waals surface area contributed by atoms with Crippen molar-refractivity contribution in [2.45, 2.75) is 13.8 Å². The van der Waals surface area contributed by atoms with Gasteiger partial charge in [-0.3, -0.25) is 9.59 Å². The summed E-state index contributed by atoms with van der Waals surface area (Å²) in [6.07, 6.45) is 0. The number of hydrogen-bond donors (Lipinski definition) is 3. The zero-order valence-electron chi connectivity index (χ0n) is 6.66. The number of carboxylic acids is 2. The number of aliphatic hydroxyl groups excluding tert-OH is 1. The molecule has 0 aromatic rings. The summed E-state index contributed by atoms with van der Waals surface area (Å²) in [6.45, 7) is 2.17. The molecule has 0 aromatic heterocycles. The molecule has 70 valence electrons. The third kappa shape index (κ3) is 321. The van der Waals surface area contributed by atoms with Gasteiger partial charge in [0.25, 0.3) is 11.9 Å². The van der Waals surface area contributed by atoms with Gasteiger partial charge in [-0.25, -0.2) is 0 Å². The van der Waals surface area contributed by atoms with Crippen molar-refractivity contribution in [3.63, 3.8) is 0 Å². The predicted octanol–water partition coefficient (Wildman–Crippen LogP) is -1.03. The number of carboxylic acid groups (broad SMARTS) is 2. The van der Waals surface area contributed by atoms with Crippen molar-refractivity contribution < 1.29 is 30.4 Å². The van der Waals surface area contributed by atoms with E-state index in [0.29, 0.717) is 0 Å². The van der Waals surface area contributed by atoms with E-state index in [1.165, 1.54) is 0 Å². The van der Waals surface area contributed by atoms with Gasteiger partial charge in [-0.2, -0.15) is 0 Å². The van der Waals surface area contributed by atoms with Crippen LogP contribution in [0.5, 0.6) is 0 Å². The second-order valence-corrected chi connectivity index (χ2v) is 1.04. The highest BCUT2D eigenvalue weighted by atomic mass is 16.4. The maximum Gasteiger partial charge on any atom is 0.300 e. The molecule has 0 rings (SSSR count). The third-order valence-corrected chi connectivity index (χ3v) is 0. The highest BCUT2D eigenvalue weighted by Gasteiger charge is 1.65. The van der Waals surface area contributed by atoms with E-state index in [4.69, 9.17) is 24.9 Å². The van der Waals surface area contributed by atoms with Crippen LogP contribution in [0.1, 0.15) is 13.8 Å². The molecule has 0 saturated carbocycles. The summed E-state index contributed by atoms with van der Waals surface area (Å²) in [6, 6.07) is 0. The van der Waals surface area contributed by atoms with Crippen LogP contribution in [0.25, 0.3) is 0 Å². The molecule has 0 bridgehead atoms. The second kappa shape index (κ2) is 23.2. The van der Waals surface area contributed by atoms with Gasteiger partial charge in [-0.15, -0.1) is 0 Å². The van der Waals surface area contributed by atoms with E-state index >= 15 is 0 Å². The van der Waals surface area contributed by atoms with Gasteiger partial charge in [0, 0.05) is 21.0 Å². The van der Waals surface area contributed by atoms with Gasteiger partial charge >= 0.3 is 0 Å². The van der Waals surface area contributed by atoms with E-state index in [-0.39, 0.29) is 5.48 Å². The Morgan fingerprint density at radius 2 is 0.909 bits per heavy atom. The second-order valence-electron chi connectivity index (χ2n) is 1.04. The summed E-state index contributed by atoms with van der Waals surface area (Å²) in [7, 11) is 1.00. The molecule has 0 saturated heterocycles. The number of aliphatic hydroxyl groups is 1. The van der Waals surface area contributed by atoms with Gasteiger partial charge in [0.1, 0.15) is 0 Å². The van der Waals surface area contributed by atoms with Gasteiger partial charge in [0.15, 0.2) is 0 Å². The van der Waals surface area contributed by atoms with E-state index in [0.717, 1.165) is 21.0 Å². The molecule has 5 N–H and O–H groups in total. The molecule has 0 aromatic carbocycles. The summed E-state index contributed by atoms with van der Waals surface area (Å²) in [5.41, 5.74) is 0. The first-order chi connectivity index (χ1) is 4.46. The Bertz CT molecular complexity index is 69.0. The molecule has 0 aliphatic carbocycles. The largest absolute Gasteiger partial charge is 0.481 e. The molecule has 11 heavy (non-hydrogen) atoms. The van der Waals surface area contributed by atoms with Crippen molar-refractivity contribution in [1.82, 2.24) is 0 Å². The van der Waals surface area contributed by atoms with E-state index in [1.54, 1.807) is 0 Å². The lowest BCUT2D eigenvalue weighted by atomic mass is 10.9. The Morgan fingerprint density at radius 1 is 0.909 bits per heavy atom. The smallest absolute Gasteiger partial charge is 0.300 e. The predicted molar refractivity (Wildman–Crippen MR) is 38.4 cm³/mol. The van der Waals surface area contributed by atoms with Crippen molar-refractivity contribution in [2.75, 3.05) is 7.11 Å². The van der Waals surface area contributed by atoms with Crippen LogP contribution in [0.2, 0.25) is 0 Å². The quantitative estimate of drug-likeness (QED) is 0.428. The SMILES string of the molecule is CC(=O)O.CC(=O)O.CO.O. The summed E-state index contributed by atoms with van der Waals surface area (Å²) < 4.78 is 0. The Labute approximate surface area is 64.4 Å². The molecule has 0 heterocycles. The van der Waals surface area contributed by atoms with Gasteiger partial charge in [-0.1, -0.05) is 0 Å². The molecule has 6 nitrogen and oxygen atoms in total. The van der Waals surface area contributed by atoms with E-state index < -0.39 is 11.9 Å². The molecule has 6 heteroatoms. The maximum absolute atomic E-state index is 9.00. The summed E-state index contributed by atoms with van der Waals surface area (Å²) >= 11 is 0. The van der Waals surface area contributed by atoms with Crippen LogP contribution < -0.4 is 0 Å². The maximum atomic E-state index is 9.00. The average Bonchev–Trinajstić information content (AvgIpc) is 1.66. The molecule has 0 unspecified atom stereocenters. The Balaban J connectivity index is -0.0000000339. The van der Waals surface area contributed by atoms with Crippen LogP contribution in [0.15, 0.2) is 0 Å². The lowest BCUT2D eigenvalue weighted by molar-refractivity contribution is -0.135. The molecule has 0 atom stereocenters.